The fraction of sp³-hybridized carbons (Fsp3) is 0.440. The molecule has 2 aromatic rings. The molecule has 0 aliphatic carbocycles. The lowest BCUT2D eigenvalue weighted by Gasteiger charge is -2.32. The van der Waals surface area contributed by atoms with E-state index < -0.39 is 28.5 Å². The zero-order valence-corrected chi connectivity index (χ0v) is 23.9. The summed E-state index contributed by atoms with van der Waals surface area (Å²) in [7, 11) is -1.10. The van der Waals surface area contributed by atoms with Crippen LogP contribution in [-0.4, -0.2) is 64.7 Å². The second-order valence-corrected chi connectivity index (χ2v) is 11.1. The van der Waals surface area contributed by atoms with Crippen LogP contribution in [0.15, 0.2) is 36.4 Å². The van der Waals surface area contributed by atoms with Gasteiger partial charge in [0.15, 0.2) is 0 Å². The second-order valence-electron chi connectivity index (χ2n) is 8.40. The number of unbranched alkanes of at least 4 members (excludes halogenated alkanes) is 1. The topological polar surface area (TPSA) is 105 Å². The smallest absolute Gasteiger partial charge is 0.244 e. The number of nitrogens with zero attached hydrogens (tertiary/aromatic N) is 2. The summed E-state index contributed by atoms with van der Waals surface area (Å²) in [5.41, 5.74) is 0.757. The molecule has 37 heavy (non-hydrogen) atoms. The number of amides is 2. The van der Waals surface area contributed by atoms with Crippen molar-refractivity contribution in [2.24, 2.45) is 0 Å². The molecule has 0 saturated heterocycles. The standard InChI is InChI=1S/C25H33Cl2N3O6S/c1-6-7-12-28-25(32)17(2)29(15-18-8-10-20(26)21(27)13-18)24(31)16-30(37(5,33)34)22-14-19(35-3)9-11-23(22)36-4/h8-11,13-14,17H,6-7,12,15-16H2,1-5H3,(H,28,32). The summed E-state index contributed by atoms with van der Waals surface area (Å²) >= 11 is 12.2. The van der Waals surface area contributed by atoms with Gasteiger partial charge in [-0.2, -0.15) is 0 Å². The molecule has 0 aliphatic rings. The molecule has 9 nitrogen and oxygen atoms in total. The monoisotopic (exact) mass is 573 g/mol. The van der Waals surface area contributed by atoms with E-state index in [-0.39, 0.29) is 23.9 Å². The van der Waals surface area contributed by atoms with E-state index >= 15 is 0 Å². The number of methoxy groups -OCH3 is 2. The van der Waals surface area contributed by atoms with Gasteiger partial charge in [-0.25, -0.2) is 8.42 Å². The van der Waals surface area contributed by atoms with Crippen LogP contribution in [0.25, 0.3) is 0 Å². The highest BCUT2D eigenvalue weighted by atomic mass is 35.5. The highest BCUT2D eigenvalue weighted by Crippen LogP contribution is 2.34. The van der Waals surface area contributed by atoms with Crippen molar-refractivity contribution in [2.75, 3.05) is 37.9 Å². The van der Waals surface area contributed by atoms with Gasteiger partial charge in [-0.3, -0.25) is 13.9 Å². The van der Waals surface area contributed by atoms with Crippen LogP contribution in [0.5, 0.6) is 11.5 Å². The van der Waals surface area contributed by atoms with Crippen LogP contribution in [-0.2, 0) is 26.2 Å². The molecule has 1 N–H and O–H groups in total. The molecule has 0 spiro atoms. The SMILES string of the molecule is CCCCNC(=O)C(C)N(Cc1ccc(Cl)c(Cl)c1)C(=O)CN(c1cc(OC)ccc1OC)S(C)(=O)=O. The van der Waals surface area contributed by atoms with Gasteiger partial charge in [0.25, 0.3) is 0 Å². The van der Waals surface area contributed by atoms with Crippen molar-refractivity contribution < 1.29 is 27.5 Å². The fourth-order valence-electron chi connectivity index (χ4n) is 3.54. The Labute approximate surface area is 228 Å². The van der Waals surface area contributed by atoms with E-state index in [1.807, 2.05) is 6.92 Å². The number of hydrogen-bond acceptors (Lipinski definition) is 6. The van der Waals surface area contributed by atoms with Gasteiger partial charge in [0.2, 0.25) is 21.8 Å². The highest BCUT2D eigenvalue weighted by Gasteiger charge is 2.31. The quantitative estimate of drug-likeness (QED) is 0.361. The molecule has 0 fully saturated rings. The predicted molar refractivity (Wildman–Crippen MR) is 146 cm³/mol. The zero-order chi connectivity index (χ0) is 27.8. The molecule has 1 unspecified atom stereocenters. The third-order valence-corrected chi connectivity index (χ3v) is 7.53. The number of benzene rings is 2. The molecule has 12 heteroatoms. The van der Waals surface area contributed by atoms with E-state index in [1.54, 1.807) is 37.3 Å². The summed E-state index contributed by atoms with van der Waals surface area (Å²) in [5, 5.41) is 3.47. The molecule has 0 heterocycles. The molecule has 0 aliphatic heterocycles. The van der Waals surface area contributed by atoms with Crippen LogP contribution in [0.2, 0.25) is 10.0 Å². The van der Waals surface area contributed by atoms with Crippen LogP contribution in [0.3, 0.4) is 0 Å². The van der Waals surface area contributed by atoms with Gasteiger partial charge in [-0.1, -0.05) is 42.6 Å². The maximum absolute atomic E-state index is 13.7. The summed E-state index contributed by atoms with van der Waals surface area (Å²) in [6.07, 6.45) is 2.67. The van der Waals surface area contributed by atoms with Gasteiger partial charge >= 0.3 is 0 Å². The third-order valence-electron chi connectivity index (χ3n) is 5.67. The molecule has 2 aromatic carbocycles. The summed E-state index contributed by atoms with van der Waals surface area (Å²) in [4.78, 5) is 27.9. The van der Waals surface area contributed by atoms with Gasteiger partial charge in [0.1, 0.15) is 24.1 Å². The lowest BCUT2D eigenvalue weighted by Crippen LogP contribution is -2.51. The van der Waals surface area contributed by atoms with Crippen molar-refractivity contribution in [1.29, 1.82) is 0 Å². The van der Waals surface area contributed by atoms with Crippen molar-refractivity contribution in [3.05, 3.63) is 52.0 Å². The molecule has 2 amide bonds. The van der Waals surface area contributed by atoms with E-state index in [9.17, 15) is 18.0 Å². The summed E-state index contributed by atoms with van der Waals surface area (Å²) < 4.78 is 37.2. The molecule has 0 radical (unpaired) electrons. The Morgan fingerprint density at radius 1 is 1.05 bits per heavy atom. The van der Waals surface area contributed by atoms with Crippen LogP contribution >= 0.6 is 23.2 Å². The maximum Gasteiger partial charge on any atom is 0.244 e. The summed E-state index contributed by atoms with van der Waals surface area (Å²) in [6.45, 7) is 3.49. The van der Waals surface area contributed by atoms with Crippen LogP contribution in [0.1, 0.15) is 32.3 Å². The first-order chi connectivity index (χ1) is 17.4. The Morgan fingerprint density at radius 2 is 1.76 bits per heavy atom. The van der Waals surface area contributed by atoms with Crippen LogP contribution in [0.4, 0.5) is 5.69 Å². The van der Waals surface area contributed by atoms with E-state index in [0.717, 1.165) is 23.4 Å². The second kappa shape index (κ2) is 13.7. The van der Waals surface area contributed by atoms with Crippen molar-refractivity contribution >= 4 is 50.7 Å². The van der Waals surface area contributed by atoms with E-state index in [2.05, 4.69) is 5.32 Å². The Kier molecular flexibility index (Phi) is 11.3. The molecular formula is C25H33Cl2N3O6S. The molecule has 1 atom stereocenters. The molecule has 204 valence electrons. The third kappa shape index (κ3) is 8.41. The molecule has 0 aromatic heterocycles. The predicted octanol–water partition coefficient (Wildman–Crippen LogP) is 4.11. The molecule has 0 bridgehead atoms. The van der Waals surface area contributed by atoms with Gasteiger partial charge in [0, 0.05) is 19.2 Å². The largest absolute Gasteiger partial charge is 0.497 e. The van der Waals surface area contributed by atoms with E-state index in [0.29, 0.717) is 27.9 Å². The summed E-state index contributed by atoms with van der Waals surface area (Å²) in [5.74, 6) is -0.333. The zero-order valence-electron chi connectivity index (χ0n) is 21.6. The lowest BCUT2D eigenvalue weighted by molar-refractivity contribution is -0.139. The minimum Gasteiger partial charge on any atom is -0.497 e. The van der Waals surface area contributed by atoms with Crippen molar-refractivity contribution in [1.82, 2.24) is 10.2 Å². The Morgan fingerprint density at radius 3 is 2.32 bits per heavy atom. The maximum atomic E-state index is 13.7. The minimum absolute atomic E-state index is 0.00490. The number of carbonyl (C=O) groups is 2. The summed E-state index contributed by atoms with van der Waals surface area (Å²) in [6, 6.07) is 8.63. The van der Waals surface area contributed by atoms with E-state index in [4.69, 9.17) is 32.7 Å². The van der Waals surface area contributed by atoms with Crippen molar-refractivity contribution in [3.63, 3.8) is 0 Å². The minimum atomic E-state index is -3.94. The number of anilines is 1. The molecule has 2 rings (SSSR count). The van der Waals surface area contributed by atoms with Crippen LogP contribution < -0.4 is 19.1 Å². The Balaban J connectivity index is 2.47. The normalized spacial score (nSPS) is 12.0. The average molecular weight is 575 g/mol. The fourth-order valence-corrected chi connectivity index (χ4v) is 4.71. The van der Waals surface area contributed by atoms with Crippen LogP contribution in [0, 0.1) is 0 Å². The van der Waals surface area contributed by atoms with Crippen molar-refractivity contribution in [2.45, 2.75) is 39.3 Å². The average Bonchev–Trinajstić information content (AvgIpc) is 2.86. The molecular weight excluding hydrogens is 541 g/mol. The molecule has 0 saturated carbocycles. The Bertz CT molecular complexity index is 1210. The Hall–Kier alpha value is -2.69. The number of nitrogens with one attached hydrogen (secondary N) is 1. The number of rotatable bonds is 13. The van der Waals surface area contributed by atoms with Gasteiger partial charge in [-0.05, 0) is 43.2 Å². The first kappa shape index (κ1) is 30.5. The highest BCUT2D eigenvalue weighted by molar-refractivity contribution is 7.92. The number of hydrogen-bond donors (Lipinski definition) is 1. The number of halogens is 2. The number of carbonyl (C=O) groups excluding carboxylic acids is 2. The first-order valence-corrected chi connectivity index (χ1v) is 14.2. The van der Waals surface area contributed by atoms with Gasteiger partial charge in [0.05, 0.1) is 36.2 Å². The lowest BCUT2D eigenvalue weighted by atomic mass is 10.1. The van der Waals surface area contributed by atoms with Crippen molar-refractivity contribution in [3.8, 4) is 11.5 Å². The first-order valence-electron chi connectivity index (χ1n) is 11.6. The number of ether oxygens (including phenoxy) is 2. The van der Waals surface area contributed by atoms with Gasteiger partial charge < -0.3 is 19.7 Å². The van der Waals surface area contributed by atoms with Gasteiger partial charge in [-0.15, -0.1) is 0 Å². The number of sulfonamides is 1. The van der Waals surface area contributed by atoms with E-state index in [1.165, 1.54) is 25.2 Å².